The van der Waals surface area contributed by atoms with Crippen LogP contribution >= 0.6 is 0 Å². The number of likely N-dealkylation sites (tertiary alicyclic amines) is 2. The van der Waals surface area contributed by atoms with Crippen molar-refractivity contribution in [2.45, 2.75) is 45.7 Å². The first-order valence-corrected chi connectivity index (χ1v) is 9.82. The fourth-order valence-electron chi connectivity index (χ4n) is 4.22. The van der Waals surface area contributed by atoms with E-state index < -0.39 is 0 Å². The summed E-state index contributed by atoms with van der Waals surface area (Å²) in [6, 6.07) is 0. The fourth-order valence-corrected chi connectivity index (χ4v) is 4.22. The van der Waals surface area contributed by atoms with Gasteiger partial charge in [0.15, 0.2) is 0 Å². The number of amides is 2. The summed E-state index contributed by atoms with van der Waals surface area (Å²) in [5.74, 6) is 0.318. The molecule has 2 saturated heterocycles. The third-order valence-corrected chi connectivity index (χ3v) is 5.99. The third-order valence-electron chi connectivity index (χ3n) is 5.99. The number of carbonyl (C=O) groups excluding carboxylic acids is 2. The molecule has 0 bridgehead atoms. The number of hydrogen-bond acceptors (Lipinski definition) is 5. The molecule has 8 nitrogen and oxygen atoms in total. The van der Waals surface area contributed by atoms with Crippen molar-refractivity contribution in [3.8, 4) is 0 Å². The van der Waals surface area contributed by atoms with E-state index in [0.29, 0.717) is 19.5 Å². The third kappa shape index (κ3) is 4.05. The molecule has 0 radical (unpaired) electrons. The Morgan fingerprint density at radius 1 is 1.18 bits per heavy atom. The zero-order valence-corrected chi connectivity index (χ0v) is 16.3. The molecule has 28 heavy (non-hydrogen) atoms. The molecule has 2 aromatic rings. The molecule has 2 amide bonds. The summed E-state index contributed by atoms with van der Waals surface area (Å²) in [4.78, 5) is 41.5. The highest BCUT2D eigenvalue weighted by molar-refractivity contribution is 5.77. The first kappa shape index (κ1) is 18.6. The predicted octanol–water partition coefficient (Wildman–Crippen LogP) is 1.41. The fraction of sp³-hybridized carbons (Fsp3) is 0.550. The zero-order valence-electron chi connectivity index (χ0n) is 16.3. The Morgan fingerprint density at radius 2 is 2.00 bits per heavy atom. The lowest BCUT2D eigenvalue weighted by Crippen LogP contribution is -2.52. The van der Waals surface area contributed by atoms with Gasteiger partial charge >= 0.3 is 0 Å². The van der Waals surface area contributed by atoms with Crippen LogP contribution in [0.4, 0.5) is 0 Å². The van der Waals surface area contributed by atoms with E-state index >= 15 is 0 Å². The van der Waals surface area contributed by atoms with Gasteiger partial charge in [0.1, 0.15) is 6.54 Å². The molecule has 0 unspecified atom stereocenters. The Labute approximate surface area is 164 Å². The van der Waals surface area contributed by atoms with Crippen LogP contribution in [0.5, 0.6) is 0 Å². The first-order valence-electron chi connectivity index (χ1n) is 9.82. The van der Waals surface area contributed by atoms with Crippen molar-refractivity contribution >= 4 is 11.8 Å². The number of rotatable bonds is 4. The number of nitrogens with zero attached hydrogens (tertiary/aromatic N) is 6. The Morgan fingerprint density at radius 3 is 2.68 bits per heavy atom. The van der Waals surface area contributed by atoms with E-state index in [-0.39, 0.29) is 17.2 Å². The standard InChI is InChI=1S/C20H26N6O2/c1-16-10-23-17(11-22-16)12-26-14-20(3-2-18(26)27)4-7-25(8-5-20)19(28)13-24-9-6-21-15-24/h6,9-11,15H,2-5,7-8,12-14H2,1H3. The minimum Gasteiger partial charge on any atom is -0.341 e. The van der Waals surface area contributed by atoms with E-state index in [1.165, 1.54) is 0 Å². The zero-order chi connectivity index (χ0) is 19.6. The van der Waals surface area contributed by atoms with Crippen molar-refractivity contribution in [3.05, 3.63) is 42.5 Å². The van der Waals surface area contributed by atoms with Crippen molar-refractivity contribution < 1.29 is 9.59 Å². The molecule has 2 aliphatic heterocycles. The molecule has 0 N–H and O–H groups in total. The van der Waals surface area contributed by atoms with Gasteiger partial charge in [0.2, 0.25) is 11.8 Å². The lowest BCUT2D eigenvalue weighted by molar-refractivity contribution is -0.143. The second-order valence-corrected chi connectivity index (χ2v) is 8.01. The minimum absolute atomic E-state index is 0.109. The second-order valence-electron chi connectivity index (χ2n) is 8.01. The van der Waals surface area contributed by atoms with Crippen molar-refractivity contribution in [3.63, 3.8) is 0 Å². The number of hydrogen-bond donors (Lipinski definition) is 0. The van der Waals surface area contributed by atoms with E-state index in [9.17, 15) is 9.59 Å². The second kappa shape index (κ2) is 7.69. The maximum atomic E-state index is 12.5. The maximum absolute atomic E-state index is 12.5. The average Bonchev–Trinajstić information content (AvgIpc) is 3.20. The lowest BCUT2D eigenvalue weighted by atomic mass is 9.72. The van der Waals surface area contributed by atoms with Gasteiger partial charge in [0, 0.05) is 44.6 Å². The Balaban J connectivity index is 1.35. The normalized spacial score (nSPS) is 19.2. The largest absolute Gasteiger partial charge is 0.341 e. The smallest absolute Gasteiger partial charge is 0.242 e. The van der Waals surface area contributed by atoms with Crippen molar-refractivity contribution in [1.82, 2.24) is 29.3 Å². The molecule has 4 heterocycles. The van der Waals surface area contributed by atoms with Crippen LogP contribution in [0.25, 0.3) is 0 Å². The Hall–Kier alpha value is -2.77. The number of carbonyl (C=O) groups is 2. The highest BCUT2D eigenvalue weighted by atomic mass is 16.2. The molecule has 2 aliphatic rings. The molecule has 1 spiro atoms. The molecule has 0 saturated carbocycles. The van der Waals surface area contributed by atoms with Crippen LogP contribution in [0.1, 0.15) is 37.1 Å². The van der Waals surface area contributed by atoms with Crippen LogP contribution in [0.3, 0.4) is 0 Å². The maximum Gasteiger partial charge on any atom is 0.242 e. The van der Waals surface area contributed by atoms with Crippen molar-refractivity contribution in [1.29, 1.82) is 0 Å². The van der Waals surface area contributed by atoms with Gasteiger partial charge in [-0.1, -0.05) is 0 Å². The summed E-state index contributed by atoms with van der Waals surface area (Å²) in [6.45, 7) is 4.99. The van der Waals surface area contributed by atoms with Gasteiger partial charge in [-0.3, -0.25) is 19.6 Å². The molecule has 8 heteroatoms. The molecule has 2 fully saturated rings. The molecule has 0 aliphatic carbocycles. The predicted molar refractivity (Wildman–Crippen MR) is 102 cm³/mol. The van der Waals surface area contributed by atoms with Crippen LogP contribution < -0.4 is 0 Å². The number of imidazole rings is 1. The van der Waals surface area contributed by atoms with Gasteiger partial charge in [0.25, 0.3) is 0 Å². The summed E-state index contributed by atoms with van der Waals surface area (Å²) < 4.78 is 1.80. The number of piperidine rings is 2. The Kier molecular flexibility index (Phi) is 5.11. The van der Waals surface area contributed by atoms with E-state index in [1.807, 2.05) is 22.9 Å². The van der Waals surface area contributed by atoms with Crippen LogP contribution in [0.2, 0.25) is 0 Å². The van der Waals surface area contributed by atoms with Crippen LogP contribution in [0, 0.1) is 12.3 Å². The number of aryl methyl sites for hydroxylation is 1. The van der Waals surface area contributed by atoms with Gasteiger partial charge in [-0.25, -0.2) is 4.98 Å². The highest BCUT2D eigenvalue weighted by Gasteiger charge is 2.41. The summed E-state index contributed by atoms with van der Waals surface area (Å²) in [5.41, 5.74) is 1.81. The quantitative estimate of drug-likeness (QED) is 0.798. The molecule has 0 atom stereocenters. The summed E-state index contributed by atoms with van der Waals surface area (Å²) in [7, 11) is 0. The number of aromatic nitrogens is 4. The summed E-state index contributed by atoms with van der Waals surface area (Å²) in [5, 5.41) is 0. The molecule has 4 rings (SSSR count). The Bertz CT molecular complexity index is 825. The molecule has 0 aromatic carbocycles. The van der Waals surface area contributed by atoms with Crippen LogP contribution in [-0.4, -0.2) is 60.8 Å². The molecular formula is C20H26N6O2. The summed E-state index contributed by atoms with van der Waals surface area (Å²) >= 11 is 0. The van der Waals surface area contributed by atoms with Crippen molar-refractivity contribution in [2.24, 2.45) is 5.41 Å². The van der Waals surface area contributed by atoms with E-state index in [1.54, 1.807) is 29.5 Å². The first-order chi connectivity index (χ1) is 13.5. The molecular weight excluding hydrogens is 356 g/mol. The van der Waals surface area contributed by atoms with Gasteiger partial charge in [-0.2, -0.15) is 0 Å². The monoisotopic (exact) mass is 382 g/mol. The SMILES string of the molecule is Cc1cnc(CN2CC3(CCC2=O)CCN(C(=O)Cn2ccnc2)CC3)cn1. The topological polar surface area (TPSA) is 84.2 Å². The van der Waals surface area contributed by atoms with Gasteiger partial charge in [0.05, 0.1) is 30.5 Å². The molecule has 148 valence electrons. The van der Waals surface area contributed by atoms with Gasteiger partial charge in [-0.05, 0) is 31.6 Å². The van der Waals surface area contributed by atoms with E-state index in [4.69, 9.17) is 0 Å². The highest BCUT2D eigenvalue weighted by Crippen LogP contribution is 2.40. The summed E-state index contributed by atoms with van der Waals surface area (Å²) in [6.07, 6.45) is 12.0. The van der Waals surface area contributed by atoms with Gasteiger partial charge < -0.3 is 14.4 Å². The van der Waals surface area contributed by atoms with Crippen LogP contribution in [-0.2, 0) is 22.7 Å². The molecule has 2 aromatic heterocycles. The van der Waals surface area contributed by atoms with E-state index in [0.717, 1.165) is 50.3 Å². The minimum atomic E-state index is 0.109. The van der Waals surface area contributed by atoms with E-state index in [2.05, 4.69) is 15.0 Å². The van der Waals surface area contributed by atoms with Crippen LogP contribution in [0.15, 0.2) is 31.1 Å². The van der Waals surface area contributed by atoms with Crippen molar-refractivity contribution in [2.75, 3.05) is 19.6 Å². The average molecular weight is 382 g/mol. The van der Waals surface area contributed by atoms with Gasteiger partial charge in [-0.15, -0.1) is 0 Å². The lowest BCUT2D eigenvalue weighted by Gasteiger charge is -2.47.